The van der Waals surface area contributed by atoms with Crippen LogP contribution >= 0.6 is 0 Å². The summed E-state index contributed by atoms with van der Waals surface area (Å²) in [5, 5.41) is 8.85. The van der Waals surface area contributed by atoms with E-state index in [1.807, 2.05) is 0 Å². The van der Waals surface area contributed by atoms with E-state index in [2.05, 4.69) is 11.9 Å². The Morgan fingerprint density at radius 1 is 1.50 bits per heavy atom. The van der Waals surface area contributed by atoms with Crippen LogP contribution in [0.3, 0.4) is 0 Å². The Morgan fingerprint density at radius 2 is 2.25 bits per heavy atom. The van der Waals surface area contributed by atoms with E-state index in [1.54, 1.807) is 4.90 Å². The Hall–Kier alpha value is -0.770. The predicted molar refractivity (Wildman–Crippen MR) is 44.1 cm³/mol. The van der Waals surface area contributed by atoms with Gasteiger partial charge in [0.15, 0.2) is 0 Å². The van der Waals surface area contributed by atoms with E-state index in [-0.39, 0.29) is 6.04 Å². The fraction of sp³-hybridized carbons (Fsp3) is 0.875. The molecule has 2 atom stereocenters. The van der Waals surface area contributed by atoms with E-state index in [0.717, 1.165) is 26.1 Å². The number of rotatable bonds is 0. The third-order valence-electron chi connectivity index (χ3n) is 2.98. The zero-order chi connectivity index (χ0) is 8.72. The second kappa shape index (κ2) is 2.62. The molecule has 0 aliphatic carbocycles. The summed E-state index contributed by atoms with van der Waals surface area (Å²) in [5.41, 5.74) is 0. The quantitative estimate of drug-likeness (QED) is 0.568. The molecule has 4 nitrogen and oxygen atoms in total. The van der Waals surface area contributed by atoms with Crippen molar-refractivity contribution in [3.63, 3.8) is 0 Å². The number of carboxylic acid groups (broad SMARTS) is 1. The maximum Gasteiger partial charge on any atom is 0.407 e. The van der Waals surface area contributed by atoms with Gasteiger partial charge < -0.3 is 14.9 Å². The fourth-order valence-electron chi connectivity index (χ4n) is 2.41. The van der Waals surface area contributed by atoms with Crippen LogP contribution < -0.4 is 0 Å². The average Bonchev–Trinajstić information content (AvgIpc) is 2.43. The summed E-state index contributed by atoms with van der Waals surface area (Å²) < 4.78 is 0. The van der Waals surface area contributed by atoms with Crippen LogP contribution in [-0.2, 0) is 0 Å². The zero-order valence-electron chi connectivity index (χ0n) is 7.23. The summed E-state index contributed by atoms with van der Waals surface area (Å²) in [6.07, 6.45) is 0.291. The minimum atomic E-state index is -0.752. The van der Waals surface area contributed by atoms with Crippen LogP contribution in [0, 0.1) is 5.92 Å². The molecule has 2 fully saturated rings. The molecule has 12 heavy (non-hydrogen) atoms. The third kappa shape index (κ3) is 1.06. The van der Waals surface area contributed by atoms with E-state index in [0.29, 0.717) is 5.92 Å². The minimum Gasteiger partial charge on any atom is -0.465 e. The van der Waals surface area contributed by atoms with Crippen molar-refractivity contribution in [3.8, 4) is 0 Å². The lowest BCUT2D eigenvalue weighted by Gasteiger charge is -2.20. The highest BCUT2D eigenvalue weighted by molar-refractivity contribution is 5.66. The number of nitrogens with zero attached hydrogens (tertiary/aromatic N) is 2. The molecule has 1 amide bonds. The Kier molecular flexibility index (Phi) is 1.72. The van der Waals surface area contributed by atoms with Crippen LogP contribution in [0.1, 0.15) is 6.42 Å². The summed E-state index contributed by atoms with van der Waals surface area (Å²) in [4.78, 5) is 14.6. The minimum absolute atomic E-state index is 0.271. The van der Waals surface area contributed by atoms with Crippen molar-refractivity contribution >= 4 is 6.09 Å². The number of hydrogen-bond acceptors (Lipinski definition) is 2. The maximum absolute atomic E-state index is 10.8. The molecule has 2 aliphatic heterocycles. The standard InChI is InChI=1S/C8H14N2O2/c1-9-4-6-2-3-10(8(11)12)7(6)5-9/h6-7H,2-5H2,1H3,(H,11,12)/t6-,7+/m1/s1. The van der Waals surface area contributed by atoms with Gasteiger partial charge in [-0.25, -0.2) is 4.79 Å². The van der Waals surface area contributed by atoms with Crippen LogP contribution in [0.25, 0.3) is 0 Å². The SMILES string of the molecule is CN1C[C@H]2CCN(C(=O)O)[C@H]2C1. The van der Waals surface area contributed by atoms with Gasteiger partial charge in [0.2, 0.25) is 0 Å². The fourth-order valence-corrected chi connectivity index (χ4v) is 2.41. The molecule has 68 valence electrons. The van der Waals surface area contributed by atoms with Gasteiger partial charge >= 0.3 is 6.09 Å². The van der Waals surface area contributed by atoms with E-state index in [4.69, 9.17) is 5.11 Å². The van der Waals surface area contributed by atoms with E-state index < -0.39 is 6.09 Å². The number of likely N-dealkylation sites (tertiary alicyclic amines) is 2. The van der Waals surface area contributed by atoms with E-state index in [9.17, 15) is 4.79 Å². The van der Waals surface area contributed by atoms with Crippen molar-refractivity contribution in [1.82, 2.24) is 9.80 Å². The normalized spacial score (nSPS) is 35.6. The Labute approximate surface area is 71.8 Å². The zero-order valence-corrected chi connectivity index (χ0v) is 7.23. The topological polar surface area (TPSA) is 43.8 Å². The predicted octanol–water partition coefficient (Wildman–Crippen LogP) is 0.300. The summed E-state index contributed by atoms with van der Waals surface area (Å²) >= 11 is 0. The van der Waals surface area contributed by atoms with Gasteiger partial charge in [0.1, 0.15) is 0 Å². The summed E-state index contributed by atoms with van der Waals surface area (Å²) in [6.45, 7) is 2.71. The molecule has 2 heterocycles. The van der Waals surface area contributed by atoms with Crippen molar-refractivity contribution < 1.29 is 9.90 Å². The van der Waals surface area contributed by atoms with Crippen LogP contribution in [-0.4, -0.2) is 53.7 Å². The smallest absolute Gasteiger partial charge is 0.407 e. The second-order valence-corrected chi connectivity index (χ2v) is 3.81. The Balaban J connectivity index is 2.08. The third-order valence-corrected chi connectivity index (χ3v) is 2.98. The molecule has 2 aliphatic rings. The largest absolute Gasteiger partial charge is 0.465 e. The Bertz CT molecular complexity index is 207. The van der Waals surface area contributed by atoms with Crippen molar-refractivity contribution in [2.45, 2.75) is 12.5 Å². The van der Waals surface area contributed by atoms with Crippen LogP contribution in [0.2, 0.25) is 0 Å². The van der Waals surface area contributed by atoms with Gasteiger partial charge in [-0.3, -0.25) is 0 Å². The molecule has 2 rings (SSSR count). The molecular weight excluding hydrogens is 156 g/mol. The van der Waals surface area contributed by atoms with Gasteiger partial charge in [-0.05, 0) is 19.4 Å². The van der Waals surface area contributed by atoms with Crippen LogP contribution in [0.5, 0.6) is 0 Å². The molecule has 0 radical (unpaired) electrons. The first-order chi connectivity index (χ1) is 5.68. The molecule has 0 aromatic heterocycles. The first kappa shape index (κ1) is 7.86. The van der Waals surface area contributed by atoms with Crippen LogP contribution in [0.15, 0.2) is 0 Å². The molecule has 0 spiro atoms. The monoisotopic (exact) mass is 170 g/mol. The summed E-state index contributed by atoms with van der Waals surface area (Å²) in [6, 6.07) is 0.271. The van der Waals surface area contributed by atoms with Gasteiger partial charge in [-0.1, -0.05) is 0 Å². The number of likely N-dealkylation sites (N-methyl/N-ethyl adjacent to an activating group) is 1. The van der Waals surface area contributed by atoms with Crippen molar-refractivity contribution in [2.24, 2.45) is 5.92 Å². The number of amides is 1. The maximum atomic E-state index is 10.8. The average molecular weight is 170 g/mol. The number of carbonyl (C=O) groups is 1. The lowest BCUT2D eigenvalue weighted by atomic mass is 10.1. The van der Waals surface area contributed by atoms with Gasteiger partial charge in [-0.2, -0.15) is 0 Å². The highest BCUT2D eigenvalue weighted by Crippen LogP contribution is 2.30. The highest BCUT2D eigenvalue weighted by Gasteiger charge is 2.42. The molecule has 4 heteroatoms. The molecule has 0 saturated carbocycles. The number of hydrogen-bond donors (Lipinski definition) is 1. The molecule has 0 aromatic rings. The molecule has 0 bridgehead atoms. The lowest BCUT2D eigenvalue weighted by Crippen LogP contribution is -2.38. The number of fused-ring (bicyclic) bond motifs is 1. The molecule has 0 aromatic carbocycles. The van der Waals surface area contributed by atoms with Crippen molar-refractivity contribution in [3.05, 3.63) is 0 Å². The molecule has 0 unspecified atom stereocenters. The van der Waals surface area contributed by atoms with Gasteiger partial charge in [0.25, 0.3) is 0 Å². The Morgan fingerprint density at radius 3 is 2.92 bits per heavy atom. The second-order valence-electron chi connectivity index (χ2n) is 3.81. The summed E-state index contributed by atoms with van der Waals surface area (Å²) in [7, 11) is 2.05. The highest BCUT2D eigenvalue weighted by atomic mass is 16.4. The molecular formula is C8H14N2O2. The molecule has 2 saturated heterocycles. The van der Waals surface area contributed by atoms with Crippen molar-refractivity contribution in [1.29, 1.82) is 0 Å². The summed E-state index contributed by atoms with van der Waals surface area (Å²) in [5.74, 6) is 0.589. The van der Waals surface area contributed by atoms with Gasteiger partial charge in [-0.15, -0.1) is 0 Å². The van der Waals surface area contributed by atoms with Gasteiger partial charge in [0, 0.05) is 19.6 Å². The first-order valence-corrected chi connectivity index (χ1v) is 4.36. The van der Waals surface area contributed by atoms with Crippen molar-refractivity contribution in [2.75, 3.05) is 26.7 Å². The van der Waals surface area contributed by atoms with E-state index >= 15 is 0 Å². The molecule has 1 N–H and O–H groups in total. The van der Waals surface area contributed by atoms with Gasteiger partial charge in [0.05, 0.1) is 6.04 Å². The first-order valence-electron chi connectivity index (χ1n) is 4.36. The lowest BCUT2D eigenvalue weighted by molar-refractivity contribution is 0.137. The van der Waals surface area contributed by atoms with Crippen LogP contribution in [0.4, 0.5) is 4.79 Å². The van der Waals surface area contributed by atoms with E-state index in [1.165, 1.54) is 0 Å².